The molecule has 0 aliphatic carbocycles. The minimum atomic E-state index is -0.0262. The van der Waals surface area contributed by atoms with Crippen LogP contribution in [0.5, 0.6) is 11.5 Å². The summed E-state index contributed by atoms with van der Waals surface area (Å²) < 4.78 is 10.6. The maximum Gasteiger partial charge on any atom is 0.129 e. The predicted octanol–water partition coefficient (Wildman–Crippen LogP) is 2.43. The van der Waals surface area contributed by atoms with E-state index >= 15 is 0 Å². The second-order valence-electron chi connectivity index (χ2n) is 4.69. The van der Waals surface area contributed by atoms with Gasteiger partial charge in [-0.2, -0.15) is 0 Å². The van der Waals surface area contributed by atoms with Gasteiger partial charge in [0.25, 0.3) is 0 Å². The van der Waals surface area contributed by atoms with Crippen LogP contribution in [0.4, 0.5) is 0 Å². The third-order valence-electron chi connectivity index (χ3n) is 3.29. The van der Waals surface area contributed by atoms with Gasteiger partial charge in [0.05, 0.1) is 14.2 Å². The highest BCUT2D eigenvalue weighted by Gasteiger charge is 2.09. The van der Waals surface area contributed by atoms with Gasteiger partial charge >= 0.3 is 0 Å². The van der Waals surface area contributed by atoms with Crippen molar-refractivity contribution in [3.63, 3.8) is 0 Å². The molecule has 4 heteroatoms. The summed E-state index contributed by atoms with van der Waals surface area (Å²) in [4.78, 5) is 0. The molecule has 0 aliphatic rings. The Kier molecular flexibility index (Phi) is 5.00. The van der Waals surface area contributed by atoms with E-state index in [4.69, 9.17) is 9.47 Å². The van der Waals surface area contributed by atoms with Crippen molar-refractivity contribution in [2.45, 2.75) is 13.8 Å². The lowest BCUT2D eigenvalue weighted by molar-refractivity contribution is -0.207. The Bertz CT molecular complexity index is 635. The Morgan fingerprint density at radius 3 is 1.86 bits per heavy atom. The van der Waals surface area contributed by atoms with Crippen LogP contribution in [-0.4, -0.2) is 19.7 Å². The zero-order valence-electron chi connectivity index (χ0n) is 12.6. The zero-order chi connectivity index (χ0) is 15.4. The van der Waals surface area contributed by atoms with E-state index in [2.05, 4.69) is 0 Å². The van der Waals surface area contributed by atoms with Crippen molar-refractivity contribution in [1.29, 1.82) is 0 Å². The Balaban J connectivity index is 2.59. The summed E-state index contributed by atoms with van der Waals surface area (Å²) >= 11 is 0. The van der Waals surface area contributed by atoms with Gasteiger partial charge in [0.1, 0.15) is 11.5 Å². The highest BCUT2D eigenvalue weighted by molar-refractivity contribution is 7.49. The normalized spacial score (nSPS) is 11.4. The van der Waals surface area contributed by atoms with Gasteiger partial charge in [-0.05, 0) is 37.1 Å². The van der Waals surface area contributed by atoms with Crippen molar-refractivity contribution in [3.8, 4) is 11.5 Å². The number of hydrogen-bond donors (Lipinski definition) is 0. The zero-order valence-corrected chi connectivity index (χ0v) is 13.5. The molecule has 0 atom stereocenters. The Hall–Kier alpha value is -1.83. The topological polar surface area (TPSA) is 41.5 Å². The van der Waals surface area contributed by atoms with E-state index in [1.54, 1.807) is 26.4 Å². The molecule has 0 amide bonds. The lowest BCUT2D eigenvalue weighted by Gasteiger charge is -2.19. The first-order valence-electron chi connectivity index (χ1n) is 6.61. The van der Waals surface area contributed by atoms with Gasteiger partial charge in [-0.15, -0.1) is 0 Å². The lowest BCUT2D eigenvalue weighted by Crippen LogP contribution is -2.20. The highest BCUT2D eigenvalue weighted by Crippen LogP contribution is 2.29. The molecule has 0 fully saturated rings. The Labute approximate surface area is 127 Å². The van der Waals surface area contributed by atoms with Gasteiger partial charge in [0.15, 0.2) is 0 Å². The van der Waals surface area contributed by atoms with Gasteiger partial charge < -0.3 is 14.6 Å². The summed E-state index contributed by atoms with van der Waals surface area (Å²) in [6.07, 6.45) is 0. The van der Waals surface area contributed by atoms with Crippen LogP contribution < -0.4 is 19.9 Å². The van der Waals surface area contributed by atoms with Crippen LogP contribution in [0.25, 0.3) is 0 Å². The second-order valence-corrected chi connectivity index (χ2v) is 5.77. The number of methoxy groups -OCH3 is 2. The molecular weight excluding hydrogens is 283 g/mol. The average Bonchev–Trinajstić information content (AvgIpc) is 2.49. The molecule has 0 unspecified atom stereocenters. The van der Waals surface area contributed by atoms with Crippen LogP contribution in [0.3, 0.4) is 0 Å². The van der Waals surface area contributed by atoms with E-state index in [0.717, 1.165) is 16.4 Å². The molecular formula is C17H18O3P-. The minimum absolute atomic E-state index is 0.0262. The molecule has 110 valence electrons. The molecule has 2 aromatic carbocycles. The van der Waals surface area contributed by atoms with Gasteiger partial charge in [-0.3, -0.25) is 0 Å². The number of ether oxygens (including phenoxy) is 2. The van der Waals surface area contributed by atoms with Gasteiger partial charge in [0, 0.05) is 10.9 Å². The lowest BCUT2D eigenvalue weighted by atomic mass is 10.2. The Morgan fingerprint density at radius 2 is 1.38 bits per heavy atom. The minimum Gasteiger partial charge on any atom is -0.823 e. The molecule has 0 N–H and O–H groups in total. The smallest absolute Gasteiger partial charge is 0.129 e. The molecule has 2 aromatic rings. The first-order valence-corrected chi connectivity index (χ1v) is 7.51. The highest BCUT2D eigenvalue weighted by atomic mass is 31.1. The largest absolute Gasteiger partial charge is 0.823 e. The maximum absolute atomic E-state index is 12.7. The molecule has 0 radical (unpaired) electrons. The van der Waals surface area contributed by atoms with E-state index in [9.17, 15) is 5.11 Å². The summed E-state index contributed by atoms with van der Waals surface area (Å²) in [5.41, 5.74) is 2.69. The molecule has 0 spiro atoms. The van der Waals surface area contributed by atoms with Crippen LogP contribution >= 0.6 is 8.20 Å². The predicted molar refractivity (Wildman–Crippen MR) is 86.1 cm³/mol. The van der Waals surface area contributed by atoms with Crippen LogP contribution in [0.15, 0.2) is 36.4 Å². The van der Waals surface area contributed by atoms with Crippen LogP contribution in [0.2, 0.25) is 0 Å². The molecule has 0 aliphatic heterocycles. The van der Waals surface area contributed by atoms with Crippen LogP contribution in [-0.2, 0) is 0 Å². The van der Waals surface area contributed by atoms with Crippen molar-refractivity contribution < 1.29 is 14.6 Å². The number of aryl methyl sites for hydroxylation is 2. The number of hydrogen-bond acceptors (Lipinski definition) is 3. The summed E-state index contributed by atoms with van der Waals surface area (Å²) in [6.45, 7) is 4.03. The molecule has 2 rings (SSSR count). The third-order valence-corrected chi connectivity index (χ3v) is 4.65. The molecule has 0 saturated heterocycles. The van der Waals surface area contributed by atoms with E-state index < -0.39 is 0 Å². The van der Waals surface area contributed by atoms with Crippen LogP contribution in [0, 0.1) is 13.8 Å². The number of benzene rings is 2. The van der Waals surface area contributed by atoms with Gasteiger partial charge in [-0.25, -0.2) is 0 Å². The third kappa shape index (κ3) is 3.26. The first-order chi connectivity index (χ1) is 10.1. The molecule has 21 heavy (non-hydrogen) atoms. The summed E-state index contributed by atoms with van der Waals surface area (Å²) in [6, 6.07) is 11.4. The fourth-order valence-corrected chi connectivity index (χ4v) is 3.24. The summed E-state index contributed by atoms with van der Waals surface area (Å²) in [7, 11) is 3.75. The van der Waals surface area contributed by atoms with Gasteiger partial charge in [0.2, 0.25) is 0 Å². The quantitative estimate of drug-likeness (QED) is 0.815. The van der Waals surface area contributed by atoms with Crippen molar-refractivity contribution in [3.05, 3.63) is 53.1 Å². The van der Waals surface area contributed by atoms with E-state index in [-0.39, 0.29) is 5.48 Å². The van der Waals surface area contributed by atoms with E-state index in [0.29, 0.717) is 25.3 Å². The van der Waals surface area contributed by atoms with E-state index in [1.165, 1.54) is 0 Å². The molecule has 0 aromatic heterocycles. The summed E-state index contributed by atoms with van der Waals surface area (Å²) in [5.74, 6) is 1.08. The van der Waals surface area contributed by atoms with Crippen molar-refractivity contribution in [2.75, 3.05) is 14.2 Å². The van der Waals surface area contributed by atoms with Crippen LogP contribution in [0.1, 0.15) is 16.7 Å². The van der Waals surface area contributed by atoms with Crippen molar-refractivity contribution in [2.24, 2.45) is 0 Å². The SMILES string of the molecule is COc1cccc(OC)c1C([O-])=Pc1c(C)cccc1C. The average molecular weight is 301 g/mol. The molecule has 0 heterocycles. The fraction of sp³-hybridized carbons (Fsp3) is 0.235. The van der Waals surface area contributed by atoms with Crippen molar-refractivity contribution in [1.82, 2.24) is 0 Å². The monoisotopic (exact) mass is 301 g/mol. The number of rotatable bonds is 4. The van der Waals surface area contributed by atoms with E-state index in [1.807, 2.05) is 38.1 Å². The molecule has 3 nitrogen and oxygen atoms in total. The second kappa shape index (κ2) is 6.75. The standard InChI is InChI=1S/C17H19O3P/c1-11-7-5-8-12(2)16(11)21-17(18)15-13(19-3)9-6-10-14(15)20-4/h5-10,18H,1-4H3/p-1. The maximum atomic E-state index is 12.7. The molecule has 0 saturated carbocycles. The van der Waals surface area contributed by atoms with Gasteiger partial charge in [-0.1, -0.05) is 37.9 Å². The Morgan fingerprint density at radius 1 is 0.905 bits per heavy atom. The molecule has 0 bridgehead atoms. The summed E-state index contributed by atoms with van der Waals surface area (Å²) in [5, 5.41) is 13.7. The first kappa shape index (κ1) is 15.6. The fourth-order valence-electron chi connectivity index (χ4n) is 2.20. The van der Waals surface area contributed by atoms with Crippen molar-refractivity contribution >= 4 is 19.0 Å².